The van der Waals surface area contributed by atoms with E-state index in [1.54, 1.807) is 12.6 Å². The highest BCUT2D eigenvalue weighted by atomic mass is 32.2. The van der Waals surface area contributed by atoms with E-state index in [0.717, 1.165) is 5.76 Å². The van der Waals surface area contributed by atoms with Gasteiger partial charge in [0.1, 0.15) is 12.1 Å². The Morgan fingerprint density at radius 3 is 3.10 bits per heavy atom. The summed E-state index contributed by atoms with van der Waals surface area (Å²) in [5, 5.41) is 11.5. The summed E-state index contributed by atoms with van der Waals surface area (Å²) < 4.78 is 7.15. The second-order valence-electron chi connectivity index (χ2n) is 4.81. The van der Waals surface area contributed by atoms with Crippen LogP contribution in [-0.2, 0) is 11.3 Å². The molecule has 2 rings (SSSR count). The zero-order chi connectivity index (χ0) is 14.4. The number of carbonyl (C=O) groups excluding carboxylic acids is 1. The molecular formula is C13H18N4O2S. The van der Waals surface area contributed by atoms with Crippen LogP contribution in [0.5, 0.6) is 0 Å². The fraction of sp³-hybridized carbons (Fsp3) is 0.462. The Hall–Kier alpha value is -1.76. The summed E-state index contributed by atoms with van der Waals surface area (Å²) in [6.45, 7) is 5.38. The first-order chi connectivity index (χ1) is 9.65. The van der Waals surface area contributed by atoms with E-state index in [2.05, 4.69) is 29.4 Å². The minimum atomic E-state index is 0.0104. The molecule has 2 aromatic heterocycles. The average Bonchev–Trinajstić information content (AvgIpc) is 3.06. The van der Waals surface area contributed by atoms with E-state index in [1.807, 2.05) is 16.7 Å². The molecule has 7 heteroatoms. The van der Waals surface area contributed by atoms with Gasteiger partial charge in [0.05, 0.1) is 18.6 Å². The highest BCUT2D eigenvalue weighted by Gasteiger charge is 2.10. The van der Waals surface area contributed by atoms with Gasteiger partial charge in [-0.05, 0) is 18.1 Å². The molecule has 2 heterocycles. The lowest BCUT2D eigenvalue weighted by atomic mass is 10.2. The van der Waals surface area contributed by atoms with Gasteiger partial charge in [0, 0.05) is 6.54 Å². The van der Waals surface area contributed by atoms with Crippen LogP contribution in [0, 0.1) is 5.92 Å². The van der Waals surface area contributed by atoms with Crippen LogP contribution in [0.15, 0.2) is 34.3 Å². The molecule has 108 valence electrons. The van der Waals surface area contributed by atoms with E-state index in [1.165, 1.54) is 11.8 Å². The van der Waals surface area contributed by atoms with Gasteiger partial charge in [-0.15, -0.1) is 10.2 Å². The molecule has 0 bridgehead atoms. The Balaban J connectivity index is 1.84. The van der Waals surface area contributed by atoms with E-state index < -0.39 is 0 Å². The quantitative estimate of drug-likeness (QED) is 0.788. The number of carbonyl (C=O) groups is 1. The molecule has 0 spiro atoms. The molecule has 0 unspecified atom stereocenters. The molecule has 0 atom stereocenters. The van der Waals surface area contributed by atoms with Gasteiger partial charge in [-0.3, -0.25) is 4.79 Å². The molecule has 0 aromatic carbocycles. The first-order valence-corrected chi connectivity index (χ1v) is 7.43. The smallest absolute Gasteiger partial charge is 0.230 e. The van der Waals surface area contributed by atoms with Crippen LogP contribution in [0.3, 0.4) is 0 Å². The highest BCUT2D eigenvalue weighted by Crippen LogP contribution is 2.16. The Labute approximate surface area is 121 Å². The maximum atomic E-state index is 11.7. The highest BCUT2D eigenvalue weighted by molar-refractivity contribution is 7.99. The number of rotatable bonds is 7. The van der Waals surface area contributed by atoms with Crippen molar-refractivity contribution in [3.63, 3.8) is 0 Å². The van der Waals surface area contributed by atoms with E-state index in [-0.39, 0.29) is 5.91 Å². The predicted octanol–water partition coefficient (Wildman–Crippen LogP) is 1.78. The summed E-state index contributed by atoms with van der Waals surface area (Å²) in [6.07, 6.45) is 3.27. The number of nitrogens with zero attached hydrogens (tertiary/aromatic N) is 3. The van der Waals surface area contributed by atoms with E-state index in [4.69, 9.17) is 4.42 Å². The van der Waals surface area contributed by atoms with Gasteiger partial charge in [0.15, 0.2) is 5.16 Å². The second kappa shape index (κ2) is 7.14. The summed E-state index contributed by atoms with van der Waals surface area (Å²) in [6, 6.07) is 3.73. The zero-order valence-corrected chi connectivity index (χ0v) is 12.4. The van der Waals surface area contributed by atoms with Crippen LogP contribution in [-0.4, -0.2) is 33.0 Å². The van der Waals surface area contributed by atoms with Gasteiger partial charge in [0.2, 0.25) is 5.91 Å². The predicted molar refractivity (Wildman–Crippen MR) is 76.4 cm³/mol. The molecule has 2 aromatic rings. The van der Waals surface area contributed by atoms with Crippen LogP contribution >= 0.6 is 11.8 Å². The number of amides is 1. The fourth-order valence-corrected chi connectivity index (χ4v) is 2.28. The molecule has 20 heavy (non-hydrogen) atoms. The zero-order valence-electron chi connectivity index (χ0n) is 11.6. The molecule has 1 amide bonds. The molecule has 0 radical (unpaired) electrons. The van der Waals surface area contributed by atoms with Crippen LogP contribution in [0.2, 0.25) is 0 Å². The number of hydrogen-bond acceptors (Lipinski definition) is 5. The van der Waals surface area contributed by atoms with E-state index in [9.17, 15) is 4.79 Å². The van der Waals surface area contributed by atoms with Crippen molar-refractivity contribution in [1.82, 2.24) is 20.1 Å². The summed E-state index contributed by atoms with van der Waals surface area (Å²) >= 11 is 1.37. The number of hydrogen-bond donors (Lipinski definition) is 1. The topological polar surface area (TPSA) is 73.0 Å². The van der Waals surface area contributed by atoms with Gasteiger partial charge in [-0.25, -0.2) is 0 Å². The Bertz CT molecular complexity index is 536. The summed E-state index contributed by atoms with van der Waals surface area (Å²) in [5.41, 5.74) is 0. The number of furan rings is 1. The SMILES string of the molecule is CC(C)CNC(=O)CSc1nncn1Cc1ccco1. The van der Waals surface area contributed by atoms with Crippen molar-refractivity contribution >= 4 is 17.7 Å². The molecule has 1 N–H and O–H groups in total. The third-order valence-corrected chi connectivity index (χ3v) is 3.51. The summed E-state index contributed by atoms with van der Waals surface area (Å²) in [5.74, 6) is 1.63. The number of aromatic nitrogens is 3. The molecule has 0 fully saturated rings. The molecule has 6 nitrogen and oxygen atoms in total. The van der Waals surface area contributed by atoms with Gasteiger partial charge in [-0.2, -0.15) is 0 Å². The van der Waals surface area contributed by atoms with Gasteiger partial charge in [0.25, 0.3) is 0 Å². The Kier molecular flexibility index (Phi) is 5.23. The first kappa shape index (κ1) is 14.6. The summed E-state index contributed by atoms with van der Waals surface area (Å²) in [7, 11) is 0. The van der Waals surface area contributed by atoms with Crippen LogP contribution in [0.4, 0.5) is 0 Å². The van der Waals surface area contributed by atoms with Crippen molar-refractivity contribution < 1.29 is 9.21 Å². The normalized spacial score (nSPS) is 10.9. The molecule has 0 aliphatic heterocycles. The molecular weight excluding hydrogens is 276 g/mol. The number of nitrogens with one attached hydrogen (secondary N) is 1. The molecule has 0 saturated carbocycles. The largest absolute Gasteiger partial charge is 0.467 e. The minimum Gasteiger partial charge on any atom is -0.467 e. The molecule has 0 saturated heterocycles. The summed E-state index contributed by atoms with van der Waals surface area (Å²) in [4.78, 5) is 11.7. The Morgan fingerprint density at radius 1 is 1.55 bits per heavy atom. The van der Waals surface area contributed by atoms with Crippen molar-refractivity contribution in [2.24, 2.45) is 5.92 Å². The average molecular weight is 294 g/mol. The van der Waals surface area contributed by atoms with Crippen LogP contribution in [0.1, 0.15) is 19.6 Å². The standard InChI is InChI=1S/C13H18N4O2S/c1-10(2)6-14-12(18)8-20-13-16-15-9-17(13)7-11-4-3-5-19-11/h3-5,9-10H,6-8H2,1-2H3,(H,14,18). The third kappa shape index (κ3) is 4.41. The lowest BCUT2D eigenvalue weighted by Crippen LogP contribution is -2.28. The lowest BCUT2D eigenvalue weighted by molar-refractivity contribution is -0.118. The van der Waals surface area contributed by atoms with Gasteiger partial charge >= 0.3 is 0 Å². The molecule has 0 aliphatic carbocycles. The van der Waals surface area contributed by atoms with Crippen molar-refractivity contribution in [3.05, 3.63) is 30.5 Å². The number of thioether (sulfide) groups is 1. The van der Waals surface area contributed by atoms with Crippen molar-refractivity contribution in [3.8, 4) is 0 Å². The van der Waals surface area contributed by atoms with Crippen LogP contribution in [0.25, 0.3) is 0 Å². The van der Waals surface area contributed by atoms with Crippen molar-refractivity contribution in [2.75, 3.05) is 12.3 Å². The minimum absolute atomic E-state index is 0.0104. The third-order valence-electron chi connectivity index (χ3n) is 2.53. The van der Waals surface area contributed by atoms with Gasteiger partial charge < -0.3 is 14.3 Å². The lowest BCUT2D eigenvalue weighted by Gasteiger charge is -2.07. The fourth-order valence-electron chi connectivity index (χ4n) is 1.53. The second-order valence-corrected chi connectivity index (χ2v) is 5.75. The van der Waals surface area contributed by atoms with Gasteiger partial charge in [-0.1, -0.05) is 25.6 Å². The first-order valence-electron chi connectivity index (χ1n) is 6.45. The van der Waals surface area contributed by atoms with E-state index >= 15 is 0 Å². The van der Waals surface area contributed by atoms with Crippen molar-refractivity contribution in [2.45, 2.75) is 25.5 Å². The maximum Gasteiger partial charge on any atom is 0.230 e. The van der Waals surface area contributed by atoms with Crippen LogP contribution < -0.4 is 5.32 Å². The molecule has 0 aliphatic rings. The maximum absolute atomic E-state index is 11.7. The van der Waals surface area contributed by atoms with Crippen molar-refractivity contribution in [1.29, 1.82) is 0 Å². The Morgan fingerprint density at radius 2 is 2.40 bits per heavy atom. The van der Waals surface area contributed by atoms with E-state index in [0.29, 0.717) is 29.9 Å². The monoisotopic (exact) mass is 294 g/mol.